The molecule has 2 aromatic rings. The molecule has 2 aliphatic rings. The van der Waals surface area contributed by atoms with Crippen LogP contribution < -0.4 is 10.6 Å². The van der Waals surface area contributed by atoms with Crippen LogP contribution >= 0.6 is 12.4 Å². The van der Waals surface area contributed by atoms with Crippen molar-refractivity contribution < 1.29 is 9.59 Å². The first-order chi connectivity index (χ1) is 12.6. The highest BCUT2D eigenvalue weighted by atomic mass is 35.5. The second-order valence-electron chi connectivity index (χ2n) is 6.94. The molecule has 2 aliphatic heterocycles. The van der Waals surface area contributed by atoms with Crippen molar-refractivity contribution in [3.05, 3.63) is 46.3 Å². The first-order valence-electron chi connectivity index (χ1n) is 9.11. The molecule has 0 radical (unpaired) electrons. The van der Waals surface area contributed by atoms with E-state index in [0.29, 0.717) is 23.5 Å². The predicted molar refractivity (Wildman–Crippen MR) is 106 cm³/mol. The molecular weight excluding hydrogens is 366 g/mol. The lowest BCUT2D eigenvalue weighted by Gasteiger charge is -2.16. The quantitative estimate of drug-likeness (QED) is 0.751. The van der Waals surface area contributed by atoms with Gasteiger partial charge in [-0.1, -0.05) is 0 Å². The zero-order valence-electron chi connectivity index (χ0n) is 15.3. The summed E-state index contributed by atoms with van der Waals surface area (Å²) in [6.07, 6.45) is 2.99. The van der Waals surface area contributed by atoms with Crippen LogP contribution in [-0.2, 0) is 13.0 Å². The number of fused-ring (bicyclic) bond motifs is 1. The van der Waals surface area contributed by atoms with Crippen LogP contribution in [0.2, 0.25) is 0 Å². The minimum Gasteiger partial charge on any atom is -0.339 e. The first kappa shape index (κ1) is 19.4. The average Bonchev–Trinajstić information content (AvgIpc) is 3.32. The summed E-state index contributed by atoms with van der Waals surface area (Å²) in [4.78, 5) is 27.0. The zero-order chi connectivity index (χ0) is 18.1. The van der Waals surface area contributed by atoms with Gasteiger partial charge in [0, 0.05) is 55.1 Å². The average molecular weight is 390 g/mol. The van der Waals surface area contributed by atoms with Crippen LogP contribution in [0.15, 0.2) is 18.2 Å². The SMILES string of the molecule is Cc1cc(C(=O)N2CCCC2)ccc1NC(=O)c1n[nH]c2c1CNCC2.Cl. The Labute approximate surface area is 164 Å². The first-order valence-corrected chi connectivity index (χ1v) is 9.11. The highest BCUT2D eigenvalue weighted by Gasteiger charge is 2.23. The summed E-state index contributed by atoms with van der Waals surface area (Å²) in [5, 5.41) is 13.3. The highest BCUT2D eigenvalue weighted by Crippen LogP contribution is 2.22. The van der Waals surface area contributed by atoms with Crippen LogP contribution in [-0.4, -0.2) is 46.5 Å². The maximum atomic E-state index is 12.6. The number of nitrogens with one attached hydrogen (secondary N) is 3. The number of H-pyrrole nitrogens is 1. The van der Waals surface area contributed by atoms with Gasteiger partial charge in [-0.25, -0.2) is 0 Å². The molecule has 3 N–H and O–H groups in total. The van der Waals surface area contributed by atoms with Gasteiger partial charge in [0.15, 0.2) is 5.69 Å². The number of carbonyl (C=O) groups is 2. The molecule has 0 aliphatic carbocycles. The Morgan fingerprint density at radius 1 is 1.22 bits per heavy atom. The molecule has 0 saturated carbocycles. The zero-order valence-corrected chi connectivity index (χ0v) is 16.1. The van der Waals surface area contributed by atoms with Gasteiger partial charge < -0.3 is 15.5 Å². The van der Waals surface area contributed by atoms with Gasteiger partial charge in [0.2, 0.25) is 0 Å². The van der Waals surface area contributed by atoms with E-state index < -0.39 is 0 Å². The van der Waals surface area contributed by atoms with Gasteiger partial charge in [-0.05, 0) is 43.5 Å². The minimum atomic E-state index is -0.229. The largest absolute Gasteiger partial charge is 0.339 e. The second kappa shape index (κ2) is 8.10. The smallest absolute Gasteiger partial charge is 0.276 e. The molecule has 1 saturated heterocycles. The van der Waals surface area contributed by atoms with Crippen LogP contribution in [0.25, 0.3) is 0 Å². The van der Waals surface area contributed by atoms with Gasteiger partial charge in [0.1, 0.15) is 0 Å². The topological polar surface area (TPSA) is 90.1 Å². The van der Waals surface area contributed by atoms with Crippen LogP contribution in [0.5, 0.6) is 0 Å². The van der Waals surface area contributed by atoms with E-state index in [1.54, 1.807) is 12.1 Å². The van der Waals surface area contributed by atoms with Crippen LogP contribution in [0.3, 0.4) is 0 Å². The Bertz CT molecular complexity index is 858. The number of nitrogens with zero attached hydrogens (tertiary/aromatic N) is 2. The van der Waals surface area contributed by atoms with Crippen LogP contribution in [0.1, 0.15) is 50.5 Å². The Morgan fingerprint density at radius 3 is 2.74 bits per heavy atom. The van der Waals surface area contributed by atoms with Crippen molar-refractivity contribution in [3.63, 3.8) is 0 Å². The molecule has 4 rings (SSSR count). The summed E-state index contributed by atoms with van der Waals surface area (Å²) in [5.74, 6) is -0.163. The highest BCUT2D eigenvalue weighted by molar-refractivity contribution is 6.05. The Hall–Kier alpha value is -2.38. The lowest BCUT2D eigenvalue weighted by atomic mass is 10.1. The molecule has 0 atom stereocenters. The van der Waals surface area contributed by atoms with E-state index in [0.717, 1.165) is 55.7 Å². The van der Waals surface area contributed by atoms with Crippen molar-refractivity contribution >= 4 is 29.9 Å². The molecule has 7 nitrogen and oxygen atoms in total. The van der Waals surface area contributed by atoms with Gasteiger partial charge in [0.25, 0.3) is 11.8 Å². The van der Waals surface area contributed by atoms with Gasteiger partial charge in [-0.15, -0.1) is 12.4 Å². The maximum absolute atomic E-state index is 12.6. The summed E-state index contributed by atoms with van der Waals surface area (Å²) < 4.78 is 0. The summed E-state index contributed by atoms with van der Waals surface area (Å²) in [7, 11) is 0. The minimum absolute atomic E-state index is 0. The number of halogens is 1. The van der Waals surface area contributed by atoms with Crippen molar-refractivity contribution in [3.8, 4) is 0 Å². The third-order valence-electron chi connectivity index (χ3n) is 5.14. The molecule has 3 heterocycles. The predicted octanol–water partition coefficient (Wildman–Crippen LogP) is 2.27. The number of anilines is 1. The molecule has 144 valence electrons. The van der Waals surface area contributed by atoms with Gasteiger partial charge in [-0.3, -0.25) is 14.7 Å². The third kappa shape index (κ3) is 3.84. The number of carbonyl (C=O) groups excluding carboxylic acids is 2. The monoisotopic (exact) mass is 389 g/mol. The summed E-state index contributed by atoms with van der Waals surface area (Å²) in [6.45, 7) is 5.10. The number of hydrogen-bond acceptors (Lipinski definition) is 4. The van der Waals surface area contributed by atoms with E-state index in [-0.39, 0.29) is 24.2 Å². The number of hydrogen-bond donors (Lipinski definition) is 3. The van der Waals surface area contributed by atoms with Gasteiger partial charge in [0.05, 0.1) is 0 Å². The van der Waals surface area contributed by atoms with Crippen molar-refractivity contribution in [2.75, 3.05) is 25.0 Å². The normalized spacial score (nSPS) is 15.8. The van der Waals surface area contributed by atoms with E-state index in [4.69, 9.17) is 0 Å². The molecule has 0 bridgehead atoms. The molecule has 1 aromatic carbocycles. The van der Waals surface area contributed by atoms with Gasteiger partial charge >= 0.3 is 0 Å². The van der Waals surface area contributed by atoms with E-state index in [1.165, 1.54) is 0 Å². The molecule has 0 spiro atoms. The maximum Gasteiger partial charge on any atom is 0.276 e. The third-order valence-corrected chi connectivity index (χ3v) is 5.14. The van der Waals surface area contributed by atoms with Crippen molar-refractivity contribution in [2.45, 2.75) is 32.7 Å². The molecule has 0 unspecified atom stereocenters. The molecule has 27 heavy (non-hydrogen) atoms. The van der Waals surface area contributed by atoms with Crippen LogP contribution in [0.4, 0.5) is 5.69 Å². The van der Waals surface area contributed by atoms with E-state index in [1.807, 2.05) is 17.9 Å². The van der Waals surface area contributed by atoms with Crippen molar-refractivity contribution in [2.24, 2.45) is 0 Å². The number of aromatic nitrogens is 2. The second-order valence-corrected chi connectivity index (χ2v) is 6.94. The Balaban J connectivity index is 0.00000210. The van der Waals surface area contributed by atoms with Crippen LogP contribution in [0, 0.1) is 6.92 Å². The number of rotatable bonds is 3. The Kier molecular flexibility index (Phi) is 5.82. The molecule has 1 fully saturated rings. The number of benzene rings is 1. The van der Waals surface area contributed by atoms with Crippen molar-refractivity contribution in [1.82, 2.24) is 20.4 Å². The Morgan fingerprint density at radius 2 is 2.00 bits per heavy atom. The lowest BCUT2D eigenvalue weighted by Crippen LogP contribution is -2.27. The number of amides is 2. The fourth-order valence-corrected chi connectivity index (χ4v) is 3.63. The number of aromatic amines is 1. The fourth-order valence-electron chi connectivity index (χ4n) is 3.63. The number of aryl methyl sites for hydroxylation is 1. The summed E-state index contributed by atoms with van der Waals surface area (Å²) in [5.41, 5.74) is 4.64. The molecule has 1 aromatic heterocycles. The number of likely N-dealkylation sites (tertiary alicyclic amines) is 1. The summed E-state index contributed by atoms with van der Waals surface area (Å²) in [6, 6.07) is 5.43. The van der Waals surface area contributed by atoms with Gasteiger partial charge in [-0.2, -0.15) is 5.10 Å². The molecule has 2 amide bonds. The summed E-state index contributed by atoms with van der Waals surface area (Å²) >= 11 is 0. The lowest BCUT2D eigenvalue weighted by molar-refractivity contribution is 0.0792. The molecular formula is C19H24ClN5O2. The molecule has 8 heteroatoms. The standard InChI is InChI=1S/C19H23N5O2.ClH/c1-12-10-13(19(26)24-8-2-3-9-24)4-5-15(12)21-18(25)17-14-11-20-7-6-16(14)22-23-17;/h4-5,10,20H,2-3,6-9,11H2,1H3,(H,21,25)(H,22,23);1H. The van der Waals surface area contributed by atoms with E-state index >= 15 is 0 Å². The van der Waals surface area contributed by atoms with E-state index in [9.17, 15) is 9.59 Å². The van der Waals surface area contributed by atoms with Crippen molar-refractivity contribution in [1.29, 1.82) is 0 Å². The van der Waals surface area contributed by atoms with E-state index in [2.05, 4.69) is 20.8 Å². The fraction of sp³-hybridized carbons (Fsp3) is 0.421.